The van der Waals surface area contributed by atoms with E-state index in [-0.39, 0.29) is 12.3 Å². The molecule has 5 heteroatoms. The molecule has 0 aliphatic heterocycles. The van der Waals surface area contributed by atoms with Crippen LogP contribution in [0.2, 0.25) is 0 Å². The number of carboxylic acids is 1. The summed E-state index contributed by atoms with van der Waals surface area (Å²) in [7, 11) is 0. The zero-order valence-electron chi connectivity index (χ0n) is 14.1. The highest BCUT2D eigenvalue weighted by atomic mass is 16.5. The Bertz CT molecular complexity index is 658. The number of benzene rings is 2. The molecule has 2 aromatic carbocycles. The Balaban J connectivity index is 1.65. The van der Waals surface area contributed by atoms with Crippen molar-refractivity contribution in [3.05, 3.63) is 71.8 Å². The molecular weight excluding hydrogens is 318 g/mol. The predicted octanol–water partition coefficient (Wildman–Crippen LogP) is 2.97. The van der Waals surface area contributed by atoms with Crippen LogP contribution in [0.3, 0.4) is 0 Å². The molecular formula is C20H23NO4. The van der Waals surface area contributed by atoms with Crippen LogP contribution in [0.1, 0.15) is 30.0 Å². The summed E-state index contributed by atoms with van der Waals surface area (Å²) >= 11 is 0. The summed E-state index contributed by atoms with van der Waals surface area (Å²) in [4.78, 5) is 23.3. The highest BCUT2D eigenvalue weighted by Crippen LogP contribution is 2.13. The standard InChI is InChI=1S/C20H23NO4/c22-18(21-19(20(23)24)17-10-5-2-6-11-17)12-7-14-25-15-13-16-8-3-1-4-9-16/h1-6,8-11,19H,7,12-15H2,(H,21,22)(H,23,24)/t19-/m0/s1. The van der Waals surface area contributed by atoms with Crippen molar-refractivity contribution < 1.29 is 19.4 Å². The summed E-state index contributed by atoms with van der Waals surface area (Å²) < 4.78 is 5.53. The first-order valence-corrected chi connectivity index (χ1v) is 8.35. The maximum absolute atomic E-state index is 12.0. The molecule has 0 saturated heterocycles. The largest absolute Gasteiger partial charge is 0.479 e. The highest BCUT2D eigenvalue weighted by Gasteiger charge is 2.21. The second kappa shape index (κ2) is 10.3. The average molecular weight is 341 g/mol. The van der Waals surface area contributed by atoms with Gasteiger partial charge in [0.05, 0.1) is 6.61 Å². The number of aliphatic carboxylic acids is 1. The van der Waals surface area contributed by atoms with E-state index in [1.807, 2.05) is 30.3 Å². The van der Waals surface area contributed by atoms with Crippen LogP contribution in [0.15, 0.2) is 60.7 Å². The van der Waals surface area contributed by atoms with Gasteiger partial charge in [-0.1, -0.05) is 60.7 Å². The van der Waals surface area contributed by atoms with E-state index in [0.717, 1.165) is 6.42 Å². The molecule has 0 fully saturated rings. The fourth-order valence-corrected chi connectivity index (χ4v) is 2.44. The van der Waals surface area contributed by atoms with E-state index >= 15 is 0 Å². The minimum atomic E-state index is -1.07. The molecule has 0 heterocycles. The first kappa shape index (κ1) is 18.7. The number of carbonyl (C=O) groups is 2. The molecule has 25 heavy (non-hydrogen) atoms. The summed E-state index contributed by atoms with van der Waals surface area (Å²) in [6, 6.07) is 17.7. The summed E-state index contributed by atoms with van der Waals surface area (Å²) in [5.74, 6) is -1.36. The van der Waals surface area contributed by atoms with E-state index in [1.165, 1.54) is 5.56 Å². The van der Waals surface area contributed by atoms with Crippen molar-refractivity contribution in [2.24, 2.45) is 0 Å². The summed E-state index contributed by atoms with van der Waals surface area (Å²) in [5, 5.41) is 11.8. The lowest BCUT2D eigenvalue weighted by atomic mass is 10.1. The number of carboxylic acid groups (broad SMARTS) is 1. The third-order valence-corrected chi connectivity index (χ3v) is 3.76. The third-order valence-electron chi connectivity index (χ3n) is 3.76. The quantitative estimate of drug-likeness (QED) is 0.652. The molecule has 0 aliphatic rings. The number of amides is 1. The summed E-state index contributed by atoms with van der Waals surface area (Å²) in [6.07, 6.45) is 1.63. The van der Waals surface area contributed by atoms with Crippen LogP contribution in [0, 0.1) is 0 Å². The van der Waals surface area contributed by atoms with E-state index in [2.05, 4.69) is 5.32 Å². The van der Waals surface area contributed by atoms with Gasteiger partial charge in [-0.15, -0.1) is 0 Å². The van der Waals surface area contributed by atoms with Crippen molar-refractivity contribution >= 4 is 11.9 Å². The number of nitrogens with one attached hydrogen (secondary N) is 1. The molecule has 132 valence electrons. The Hall–Kier alpha value is -2.66. The van der Waals surface area contributed by atoms with Crippen molar-refractivity contribution in [1.29, 1.82) is 0 Å². The first-order chi connectivity index (χ1) is 12.2. The van der Waals surface area contributed by atoms with E-state index < -0.39 is 12.0 Å². The second-order valence-electron chi connectivity index (χ2n) is 5.70. The van der Waals surface area contributed by atoms with Crippen LogP contribution in [-0.4, -0.2) is 30.2 Å². The third kappa shape index (κ3) is 6.77. The maximum atomic E-state index is 12.0. The van der Waals surface area contributed by atoms with Crippen molar-refractivity contribution in [2.75, 3.05) is 13.2 Å². The van der Waals surface area contributed by atoms with Gasteiger partial charge < -0.3 is 15.2 Å². The summed E-state index contributed by atoms with van der Waals surface area (Å²) in [6.45, 7) is 1.08. The number of hydrogen-bond acceptors (Lipinski definition) is 3. The number of ether oxygens (including phenoxy) is 1. The van der Waals surface area contributed by atoms with E-state index in [4.69, 9.17) is 4.74 Å². The lowest BCUT2D eigenvalue weighted by Crippen LogP contribution is -2.33. The van der Waals surface area contributed by atoms with Crippen molar-refractivity contribution in [1.82, 2.24) is 5.32 Å². The SMILES string of the molecule is O=C(CCCOCCc1ccccc1)N[C@H](C(=O)O)c1ccccc1. The Labute approximate surface area is 147 Å². The molecule has 0 unspecified atom stereocenters. The van der Waals surface area contributed by atoms with Gasteiger partial charge in [-0.25, -0.2) is 4.79 Å². The van der Waals surface area contributed by atoms with Gasteiger partial charge in [0, 0.05) is 13.0 Å². The maximum Gasteiger partial charge on any atom is 0.330 e. The van der Waals surface area contributed by atoms with Crippen LogP contribution in [0.25, 0.3) is 0 Å². The number of rotatable bonds is 10. The number of carbonyl (C=O) groups excluding carboxylic acids is 1. The molecule has 0 saturated carbocycles. The zero-order valence-corrected chi connectivity index (χ0v) is 14.1. The Morgan fingerprint density at radius 2 is 1.60 bits per heavy atom. The number of hydrogen-bond donors (Lipinski definition) is 2. The van der Waals surface area contributed by atoms with Gasteiger partial charge in [0.25, 0.3) is 0 Å². The van der Waals surface area contributed by atoms with Crippen LogP contribution >= 0.6 is 0 Å². The van der Waals surface area contributed by atoms with Gasteiger partial charge in [0.15, 0.2) is 6.04 Å². The lowest BCUT2D eigenvalue weighted by Gasteiger charge is -2.14. The van der Waals surface area contributed by atoms with Gasteiger partial charge >= 0.3 is 5.97 Å². The molecule has 0 bridgehead atoms. The minimum absolute atomic E-state index is 0.238. The molecule has 1 atom stereocenters. The van der Waals surface area contributed by atoms with Gasteiger partial charge in [0.1, 0.15) is 0 Å². The first-order valence-electron chi connectivity index (χ1n) is 8.35. The topological polar surface area (TPSA) is 75.6 Å². The summed E-state index contributed by atoms with van der Waals surface area (Å²) in [5.41, 5.74) is 1.77. The molecule has 0 radical (unpaired) electrons. The molecule has 2 rings (SSSR count). The van der Waals surface area contributed by atoms with E-state index in [0.29, 0.717) is 25.2 Å². The molecule has 5 nitrogen and oxygen atoms in total. The average Bonchev–Trinajstić information content (AvgIpc) is 2.64. The predicted molar refractivity (Wildman–Crippen MR) is 95.2 cm³/mol. The van der Waals surface area contributed by atoms with Gasteiger partial charge in [-0.2, -0.15) is 0 Å². The minimum Gasteiger partial charge on any atom is -0.479 e. The molecule has 2 aromatic rings. The highest BCUT2D eigenvalue weighted by molar-refractivity contribution is 5.84. The van der Waals surface area contributed by atoms with Crippen LogP contribution in [-0.2, 0) is 20.7 Å². The molecule has 0 aliphatic carbocycles. The Kier molecular flexibility index (Phi) is 7.66. The molecule has 2 N–H and O–H groups in total. The van der Waals surface area contributed by atoms with E-state index in [9.17, 15) is 14.7 Å². The van der Waals surface area contributed by atoms with Gasteiger partial charge in [-0.3, -0.25) is 4.79 Å². The Morgan fingerprint density at radius 3 is 2.24 bits per heavy atom. The van der Waals surface area contributed by atoms with Gasteiger partial charge in [0.2, 0.25) is 5.91 Å². The van der Waals surface area contributed by atoms with Crippen molar-refractivity contribution in [3.63, 3.8) is 0 Å². The lowest BCUT2D eigenvalue weighted by molar-refractivity contribution is -0.142. The monoisotopic (exact) mass is 341 g/mol. The van der Waals surface area contributed by atoms with Crippen molar-refractivity contribution in [3.8, 4) is 0 Å². The van der Waals surface area contributed by atoms with Crippen molar-refractivity contribution in [2.45, 2.75) is 25.3 Å². The normalized spacial score (nSPS) is 11.7. The zero-order chi connectivity index (χ0) is 17.9. The van der Waals surface area contributed by atoms with E-state index in [1.54, 1.807) is 30.3 Å². The van der Waals surface area contributed by atoms with Crippen LogP contribution in [0.5, 0.6) is 0 Å². The fraction of sp³-hybridized carbons (Fsp3) is 0.300. The molecule has 0 aromatic heterocycles. The molecule has 1 amide bonds. The second-order valence-corrected chi connectivity index (χ2v) is 5.70. The Morgan fingerprint density at radius 1 is 0.960 bits per heavy atom. The van der Waals surface area contributed by atoms with Crippen LogP contribution < -0.4 is 5.32 Å². The smallest absolute Gasteiger partial charge is 0.330 e. The van der Waals surface area contributed by atoms with Crippen LogP contribution in [0.4, 0.5) is 0 Å². The van der Waals surface area contributed by atoms with Gasteiger partial charge in [-0.05, 0) is 24.0 Å². The fourth-order valence-electron chi connectivity index (χ4n) is 2.44. The molecule has 0 spiro atoms.